The lowest BCUT2D eigenvalue weighted by molar-refractivity contribution is 1.08. The second-order valence-corrected chi connectivity index (χ2v) is 10.7. The van der Waals surface area contributed by atoms with E-state index < -0.39 is 0 Å². The van der Waals surface area contributed by atoms with Gasteiger partial charge in [-0.05, 0) is 50.4 Å². The summed E-state index contributed by atoms with van der Waals surface area (Å²) in [6.07, 6.45) is 3.70. The molecule has 0 aliphatic heterocycles. The second kappa shape index (κ2) is 11.0. The Morgan fingerprint density at radius 1 is 0.341 bits per heavy atom. The van der Waals surface area contributed by atoms with Gasteiger partial charge in [0, 0.05) is 34.6 Å². The molecule has 44 heavy (non-hydrogen) atoms. The number of hydrogen-bond donors (Lipinski definition) is 0. The Kier molecular flexibility index (Phi) is 6.43. The Balaban J connectivity index is 1.43. The molecule has 0 amide bonds. The van der Waals surface area contributed by atoms with E-state index in [1.54, 1.807) is 6.20 Å². The highest BCUT2D eigenvalue weighted by atomic mass is 15.0. The third-order valence-corrected chi connectivity index (χ3v) is 8.04. The molecule has 4 heteroatoms. The predicted octanol–water partition coefficient (Wildman–Crippen LogP) is 9.91. The SMILES string of the molecule is c1ccc(-c2nc(-c3c(-c4ccccc4)ccc4ccccc34)nc(-c3ccc(-c4cccnc4)c4ccccc34)n2)cc1. The Bertz CT molecular complexity index is 2260. The molecular formula is C40H26N4. The largest absolute Gasteiger partial charge is 0.264 e. The van der Waals surface area contributed by atoms with E-state index in [-0.39, 0.29) is 0 Å². The van der Waals surface area contributed by atoms with Crippen LogP contribution >= 0.6 is 0 Å². The fourth-order valence-electron chi connectivity index (χ4n) is 5.96. The third-order valence-electron chi connectivity index (χ3n) is 8.04. The van der Waals surface area contributed by atoms with Crippen LogP contribution < -0.4 is 0 Å². The molecule has 0 saturated carbocycles. The van der Waals surface area contributed by atoms with E-state index in [0.717, 1.165) is 60.5 Å². The van der Waals surface area contributed by atoms with E-state index >= 15 is 0 Å². The molecule has 8 aromatic rings. The maximum atomic E-state index is 5.25. The van der Waals surface area contributed by atoms with Gasteiger partial charge in [0.15, 0.2) is 17.5 Å². The van der Waals surface area contributed by atoms with Gasteiger partial charge in [0.1, 0.15) is 0 Å². The normalized spacial score (nSPS) is 11.2. The van der Waals surface area contributed by atoms with Crippen LogP contribution in [0.1, 0.15) is 0 Å². The van der Waals surface area contributed by atoms with Crippen molar-refractivity contribution >= 4 is 21.5 Å². The van der Waals surface area contributed by atoms with E-state index in [9.17, 15) is 0 Å². The summed E-state index contributed by atoms with van der Waals surface area (Å²) in [4.78, 5) is 19.9. The monoisotopic (exact) mass is 562 g/mol. The van der Waals surface area contributed by atoms with E-state index in [1.165, 1.54) is 0 Å². The van der Waals surface area contributed by atoms with Gasteiger partial charge in [-0.15, -0.1) is 0 Å². The molecule has 0 atom stereocenters. The molecule has 0 bridgehead atoms. The molecule has 0 N–H and O–H groups in total. The molecule has 0 aliphatic rings. The van der Waals surface area contributed by atoms with E-state index in [1.807, 2.05) is 48.7 Å². The highest BCUT2D eigenvalue weighted by molar-refractivity contribution is 6.05. The number of hydrogen-bond acceptors (Lipinski definition) is 4. The quantitative estimate of drug-likeness (QED) is 0.209. The minimum atomic E-state index is 0.634. The molecule has 206 valence electrons. The summed E-state index contributed by atoms with van der Waals surface area (Å²) in [6, 6.07) is 50.1. The van der Waals surface area contributed by atoms with Gasteiger partial charge in [-0.3, -0.25) is 4.98 Å². The van der Waals surface area contributed by atoms with Crippen molar-refractivity contribution in [3.63, 3.8) is 0 Å². The van der Waals surface area contributed by atoms with Gasteiger partial charge in [-0.1, -0.05) is 133 Å². The minimum absolute atomic E-state index is 0.634. The van der Waals surface area contributed by atoms with E-state index in [2.05, 4.69) is 108 Å². The molecule has 0 unspecified atom stereocenters. The fourth-order valence-corrected chi connectivity index (χ4v) is 5.96. The molecule has 0 saturated heterocycles. The van der Waals surface area contributed by atoms with Crippen molar-refractivity contribution in [2.24, 2.45) is 0 Å². The number of rotatable bonds is 5. The zero-order valence-corrected chi connectivity index (χ0v) is 23.8. The average Bonchev–Trinajstić information content (AvgIpc) is 3.11. The number of benzene rings is 6. The van der Waals surface area contributed by atoms with Crippen LogP contribution in [0.15, 0.2) is 158 Å². The molecule has 6 aromatic carbocycles. The zero-order valence-electron chi connectivity index (χ0n) is 23.8. The Hall–Kier alpha value is -6.00. The summed E-state index contributed by atoms with van der Waals surface area (Å²) in [5.74, 6) is 1.91. The summed E-state index contributed by atoms with van der Waals surface area (Å²) < 4.78 is 0. The van der Waals surface area contributed by atoms with Crippen molar-refractivity contribution in [1.29, 1.82) is 0 Å². The van der Waals surface area contributed by atoms with Gasteiger partial charge in [-0.2, -0.15) is 0 Å². The summed E-state index contributed by atoms with van der Waals surface area (Å²) in [7, 11) is 0. The van der Waals surface area contributed by atoms with Crippen molar-refractivity contribution in [3.8, 4) is 56.4 Å². The van der Waals surface area contributed by atoms with Crippen LogP contribution in [-0.2, 0) is 0 Å². The average molecular weight is 563 g/mol. The molecule has 8 rings (SSSR count). The smallest absolute Gasteiger partial charge is 0.165 e. The van der Waals surface area contributed by atoms with Crippen LogP contribution in [0.25, 0.3) is 78.0 Å². The van der Waals surface area contributed by atoms with Crippen LogP contribution in [0.5, 0.6) is 0 Å². The maximum absolute atomic E-state index is 5.25. The lowest BCUT2D eigenvalue weighted by atomic mass is 9.93. The Labute approximate surface area is 255 Å². The minimum Gasteiger partial charge on any atom is -0.264 e. The first-order chi connectivity index (χ1) is 21.8. The molecular weight excluding hydrogens is 536 g/mol. The first-order valence-electron chi connectivity index (χ1n) is 14.6. The topological polar surface area (TPSA) is 51.6 Å². The molecule has 4 nitrogen and oxygen atoms in total. The summed E-state index contributed by atoms with van der Waals surface area (Å²) in [6.45, 7) is 0. The van der Waals surface area contributed by atoms with Crippen molar-refractivity contribution in [2.45, 2.75) is 0 Å². The van der Waals surface area contributed by atoms with Crippen LogP contribution in [0.4, 0.5) is 0 Å². The van der Waals surface area contributed by atoms with Crippen molar-refractivity contribution in [3.05, 3.63) is 158 Å². The zero-order chi connectivity index (χ0) is 29.3. The first-order valence-corrected chi connectivity index (χ1v) is 14.6. The highest BCUT2D eigenvalue weighted by Gasteiger charge is 2.20. The molecule has 0 fully saturated rings. The highest BCUT2D eigenvalue weighted by Crippen LogP contribution is 2.39. The van der Waals surface area contributed by atoms with E-state index in [4.69, 9.17) is 15.0 Å². The second-order valence-electron chi connectivity index (χ2n) is 10.7. The number of fused-ring (bicyclic) bond motifs is 2. The standard InChI is InChI=1S/C40H26N4/c1-3-12-27(13-4-1)33-22-21-28-14-7-8-18-32(28)37(33)40-43-38(29-15-5-2-6-16-29)42-39(44-40)36-24-23-31(30-17-11-25-41-26-30)34-19-9-10-20-35(34)36/h1-26H. The molecule has 0 spiro atoms. The summed E-state index contributed by atoms with van der Waals surface area (Å²) in [5, 5.41) is 4.43. The van der Waals surface area contributed by atoms with Crippen LogP contribution in [0.3, 0.4) is 0 Å². The first kappa shape index (κ1) is 25.7. The molecule has 2 heterocycles. The van der Waals surface area contributed by atoms with Gasteiger partial charge in [0.25, 0.3) is 0 Å². The molecule has 0 aliphatic carbocycles. The van der Waals surface area contributed by atoms with E-state index in [0.29, 0.717) is 17.5 Å². The van der Waals surface area contributed by atoms with Crippen LogP contribution in [0, 0.1) is 0 Å². The Morgan fingerprint density at radius 3 is 1.66 bits per heavy atom. The Morgan fingerprint density at radius 2 is 0.909 bits per heavy atom. The molecule has 2 aromatic heterocycles. The third kappa shape index (κ3) is 4.59. The van der Waals surface area contributed by atoms with Gasteiger partial charge in [0.05, 0.1) is 0 Å². The van der Waals surface area contributed by atoms with Gasteiger partial charge in [-0.25, -0.2) is 15.0 Å². The predicted molar refractivity (Wildman–Crippen MR) is 180 cm³/mol. The van der Waals surface area contributed by atoms with Crippen molar-refractivity contribution in [2.75, 3.05) is 0 Å². The van der Waals surface area contributed by atoms with Crippen LogP contribution in [0.2, 0.25) is 0 Å². The van der Waals surface area contributed by atoms with Crippen molar-refractivity contribution in [1.82, 2.24) is 19.9 Å². The number of pyridine rings is 1. The maximum Gasteiger partial charge on any atom is 0.165 e. The van der Waals surface area contributed by atoms with Crippen molar-refractivity contribution < 1.29 is 0 Å². The number of aromatic nitrogens is 4. The van der Waals surface area contributed by atoms with Gasteiger partial charge >= 0.3 is 0 Å². The van der Waals surface area contributed by atoms with Gasteiger partial charge < -0.3 is 0 Å². The summed E-state index contributed by atoms with van der Waals surface area (Å²) >= 11 is 0. The molecule has 0 radical (unpaired) electrons. The lowest BCUT2D eigenvalue weighted by Gasteiger charge is -2.16. The summed E-state index contributed by atoms with van der Waals surface area (Å²) in [5.41, 5.74) is 7.27. The fraction of sp³-hybridized carbons (Fsp3) is 0. The number of nitrogens with zero attached hydrogens (tertiary/aromatic N) is 4. The van der Waals surface area contributed by atoms with Crippen LogP contribution in [-0.4, -0.2) is 19.9 Å². The van der Waals surface area contributed by atoms with Gasteiger partial charge in [0.2, 0.25) is 0 Å². The lowest BCUT2D eigenvalue weighted by Crippen LogP contribution is -2.02.